The standard InChI is InChI=1S/C18H28B4N2O6S2/c1-15(2,3)29-13(27)23-9-17(19,20)31-11(25)7-8-12(26)32-18(21,22)10-24-14(28)30-16(4,5)6/h7-10H2,1-6H3,(H,23,27)(H,24,28). The van der Waals surface area contributed by atoms with Gasteiger partial charge in [-0.2, -0.15) is 0 Å². The van der Waals surface area contributed by atoms with Crippen LogP contribution < -0.4 is 10.6 Å². The number of carbonyl (C=O) groups is 4. The van der Waals surface area contributed by atoms with E-state index in [4.69, 9.17) is 40.9 Å². The fraction of sp³-hybridized carbons (Fsp3) is 0.778. The van der Waals surface area contributed by atoms with Crippen LogP contribution in [0.3, 0.4) is 0 Å². The summed E-state index contributed by atoms with van der Waals surface area (Å²) in [5, 5.41) is 3.86. The first-order chi connectivity index (χ1) is 14.2. The van der Waals surface area contributed by atoms with Gasteiger partial charge in [-0.1, -0.05) is 23.5 Å². The highest BCUT2D eigenvalue weighted by Crippen LogP contribution is 2.25. The summed E-state index contributed by atoms with van der Waals surface area (Å²) in [7, 11) is 23.3. The lowest BCUT2D eigenvalue weighted by atomic mass is 9.69. The summed E-state index contributed by atoms with van der Waals surface area (Å²) >= 11 is 1.18. The van der Waals surface area contributed by atoms with Crippen molar-refractivity contribution in [2.75, 3.05) is 13.1 Å². The zero-order valence-corrected chi connectivity index (χ0v) is 21.0. The SMILES string of the molecule is [B]C([B])(CNC(=O)OC(C)(C)C)SC(=O)CCC(=O)SC([B])([B])CNC(=O)OC(C)(C)C. The minimum Gasteiger partial charge on any atom is -0.444 e. The highest BCUT2D eigenvalue weighted by molar-refractivity contribution is 8.17. The molecule has 32 heavy (non-hydrogen) atoms. The first-order valence-corrected chi connectivity index (χ1v) is 11.4. The van der Waals surface area contributed by atoms with Crippen LogP contribution in [0.5, 0.6) is 0 Å². The molecule has 2 amide bonds. The normalized spacial score (nSPS) is 12.6. The molecule has 0 aromatic heterocycles. The third kappa shape index (κ3) is 17.4. The van der Waals surface area contributed by atoms with Crippen LogP contribution in [0.15, 0.2) is 0 Å². The minimum absolute atomic E-state index is 0.172. The van der Waals surface area contributed by atoms with Gasteiger partial charge in [-0.3, -0.25) is 9.59 Å². The van der Waals surface area contributed by atoms with Crippen molar-refractivity contribution in [3.05, 3.63) is 0 Å². The molecule has 170 valence electrons. The van der Waals surface area contributed by atoms with Gasteiger partial charge in [0.05, 0.1) is 31.4 Å². The molecule has 8 radical (unpaired) electrons. The average Bonchev–Trinajstić information content (AvgIpc) is 2.53. The van der Waals surface area contributed by atoms with Gasteiger partial charge >= 0.3 is 12.2 Å². The van der Waals surface area contributed by atoms with Crippen molar-refractivity contribution in [1.29, 1.82) is 0 Å². The van der Waals surface area contributed by atoms with Gasteiger partial charge in [-0.15, -0.1) is 0 Å². The second-order valence-corrected chi connectivity index (χ2v) is 11.9. The molecule has 14 heteroatoms. The summed E-state index contributed by atoms with van der Waals surface area (Å²) in [5.41, 5.74) is -1.39. The molecule has 0 spiro atoms. The topological polar surface area (TPSA) is 111 Å². The quantitative estimate of drug-likeness (QED) is 0.480. The molecule has 0 aromatic carbocycles. The van der Waals surface area contributed by atoms with Gasteiger partial charge in [0, 0.05) is 25.9 Å². The predicted molar refractivity (Wildman–Crippen MR) is 131 cm³/mol. The summed E-state index contributed by atoms with van der Waals surface area (Å²) in [5.74, 6) is 0. The molecule has 0 bridgehead atoms. The molecule has 0 rings (SSSR count). The molecule has 0 aliphatic heterocycles. The highest BCUT2D eigenvalue weighted by Gasteiger charge is 2.27. The summed E-state index contributed by atoms with van der Waals surface area (Å²) in [6.45, 7) is 9.72. The van der Waals surface area contributed by atoms with E-state index in [1.165, 1.54) is 0 Å². The number of alkyl carbamates (subject to hydrolysis) is 2. The Morgan fingerprint density at radius 1 is 0.656 bits per heavy atom. The van der Waals surface area contributed by atoms with E-state index in [2.05, 4.69) is 10.6 Å². The fourth-order valence-corrected chi connectivity index (χ4v) is 3.40. The van der Waals surface area contributed by atoms with E-state index in [1.807, 2.05) is 0 Å². The van der Waals surface area contributed by atoms with Crippen LogP contribution in [0, 0.1) is 0 Å². The molecular weight excluding hydrogens is 448 g/mol. The van der Waals surface area contributed by atoms with Crippen molar-refractivity contribution in [2.45, 2.75) is 74.7 Å². The maximum Gasteiger partial charge on any atom is 0.407 e. The molecule has 0 saturated carbocycles. The highest BCUT2D eigenvalue weighted by atomic mass is 32.2. The third-order valence-electron chi connectivity index (χ3n) is 2.96. The molecule has 2 N–H and O–H groups in total. The molecule has 0 unspecified atom stereocenters. The van der Waals surface area contributed by atoms with Gasteiger partial charge in [-0.05, 0) is 50.6 Å². The smallest absolute Gasteiger partial charge is 0.407 e. The lowest BCUT2D eigenvalue weighted by molar-refractivity contribution is -0.115. The number of ether oxygens (including phenoxy) is 2. The van der Waals surface area contributed by atoms with Crippen molar-refractivity contribution in [3.8, 4) is 0 Å². The van der Waals surface area contributed by atoms with E-state index in [1.54, 1.807) is 41.5 Å². The molecule has 0 atom stereocenters. The Kier molecular flexibility index (Phi) is 11.9. The molecule has 0 aliphatic rings. The minimum atomic E-state index is -1.59. The second kappa shape index (κ2) is 12.3. The number of hydrogen-bond donors (Lipinski definition) is 2. The van der Waals surface area contributed by atoms with Gasteiger partial charge in [-0.25, -0.2) is 9.59 Å². The van der Waals surface area contributed by atoms with E-state index in [0.717, 1.165) is 0 Å². The Balaban J connectivity index is 4.39. The molecule has 0 saturated heterocycles. The van der Waals surface area contributed by atoms with Crippen molar-refractivity contribution in [1.82, 2.24) is 10.6 Å². The van der Waals surface area contributed by atoms with Gasteiger partial charge in [0.25, 0.3) is 0 Å². The van der Waals surface area contributed by atoms with Crippen LogP contribution in [-0.2, 0) is 19.1 Å². The summed E-state index contributed by atoms with van der Waals surface area (Å²) < 4.78 is 6.94. The number of hydrogen-bond acceptors (Lipinski definition) is 8. The summed E-state index contributed by atoms with van der Waals surface area (Å²) in [6.07, 6.45) is -1.79. The predicted octanol–water partition coefficient (Wildman–Crippen LogP) is 1.32. The zero-order chi connectivity index (χ0) is 25.4. The zero-order valence-electron chi connectivity index (χ0n) is 19.4. The number of nitrogens with one attached hydrogen (secondary N) is 2. The molecule has 0 aromatic rings. The molecule has 0 aliphatic carbocycles. The van der Waals surface area contributed by atoms with Crippen molar-refractivity contribution in [3.63, 3.8) is 0 Å². The van der Waals surface area contributed by atoms with Gasteiger partial charge in [0.1, 0.15) is 11.2 Å². The van der Waals surface area contributed by atoms with Crippen LogP contribution in [0.25, 0.3) is 0 Å². The Morgan fingerprint density at radius 2 is 0.938 bits per heavy atom. The average molecular weight is 476 g/mol. The first-order valence-electron chi connectivity index (χ1n) is 9.73. The fourth-order valence-electron chi connectivity index (χ4n) is 1.85. The Labute approximate surface area is 204 Å². The molecule has 0 fully saturated rings. The van der Waals surface area contributed by atoms with Crippen LogP contribution >= 0.6 is 23.5 Å². The van der Waals surface area contributed by atoms with Gasteiger partial charge < -0.3 is 20.1 Å². The van der Waals surface area contributed by atoms with Gasteiger partial charge in [0.15, 0.2) is 10.2 Å². The van der Waals surface area contributed by atoms with E-state index in [9.17, 15) is 19.2 Å². The van der Waals surface area contributed by atoms with E-state index in [-0.39, 0.29) is 25.9 Å². The van der Waals surface area contributed by atoms with E-state index >= 15 is 0 Å². The van der Waals surface area contributed by atoms with E-state index < -0.39 is 42.7 Å². The van der Waals surface area contributed by atoms with E-state index in [0.29, 0.717) is 23.5 Å². The van der Waals surface area contributed by atoms with Crippen molar-refractivity contribution >= 4 is 77.3 Å². The van der Waals surface area contributed by atoms with Crippen LogP contribution in [0.4, 0.5) is 9.59 Å². The van der Waals surface area contributed by atoms with Crippen LogP contribution in [-0.4, -0.2) is 87.2 Å². The number of amides is 2. The lowest BCUT2D eigenvalue weighted by Crippen LogP contribution is -2.44. The summed E-state index contributed by atoms with van der Waals surface area (Å²) in [4.78, 5) is 47.5. The monoisotopic (exact) mass is 476 g/mol. The van der Waals surface area contributed by atoms with Crippen LogP contribution in [0.2, 0.25) is 0 Å². The summed E-state index contributed by atoms with van der Waals surface area (Å²) in [6, 6.07) is 0. The molecule has 8 nitrogen and oxygen atoms in total. The lowest BCUT2D eigenvalue weighted by Gasteiger charge is -2.27. The second-order valence-electron chi connectivity index (χ2n) is 9.07. The number of thioether (sulfide) groups is 2. The third-order valence-corrected chi connectivity index (χ3v) is 4.87. The maximum atomic E-state index is 12.1. The Bertz CT molecular complexity index is 636. The van der Waals surface area contributed by atoms with Gasteiger partial charge in [0.2, 0.25) is 0 Å². The van der Waals surface area contributed by atoms with Crippen molar-refractivity contribution < 1.29 is 28.7 Å². The Hall–Kier alpha value is -1.16. The van der Waals surface area contributed by atoms with Crippen molar-refractivity contribution in [2.24, 2.45) is 0 Å². The maximum absolute atomic E-state index is 12.1. The van der Waals surface area contributed by atoms with Crippen LogP contribution in [0.1, 0.15) is 54.4 Å². The largest absolute Gasteiger partial charge is 0.444 e. The first kappa shape index (κ1) is 30.8. The Morgan fingerprint density at radius 3 is 1.19 bits per heavy atom. The number of rotatable bonds is 9. The number of carbonyl (C=O) groups excluding carboxylic acids is 4. The molecule has 0 heterocycles. The molecular formula is C18H28B4N2O6S2.